The number of nitrogens with zero attached hydrogens (tertiary/aromatic N) is 2. The molecule has 0 aliphatic carbocycles. The lowest BCUT2D eigenvalue weighted by Crippen LogP contribution is -2.39. The number of unbranched alkanes of at least 4 members (excludes halogenated alkanes) is 19. The second kappa shape index (κ2) is 21.6. The molecule has 0 radical (unpaired) electrons. The van der Waals surface area contributed by atoms with E-state index in [-0.39, 0.29) is 0 Å². The summed E-state index contributed by atoms with van der Waals surface area (Å²) in [7, 11) is 0. The van der Waals surface area contributed by atoms with E-state index in [2.05, 4.69) is 66.4 Å². The smallest absolute Gasteiger partial charge is 0.105 e. The molecule has 2 heteroatoms. The van der Waals surface area contributed by atoms with Gasteiger partial charge in [0.05, 0.1) is 0 Å². The summed E-state index contributed by atoms with van der Waals surface area (Å²) >= 11 is 0. The molecular weight excluding hydrogens is 436 g/mol. The Morgan fingerprint density at radius 3 is 1.44 bits per heavy atom. The first-order valence-corrected chi connectivity index (χ1v) is 16.1. The molecule has 2 rings (SSSR count). The van der Waals surface area contributed by atoms with E-state index in [0.29, 0.717) is 6.17 Å². The molecule has 206 valence electrons. The fraction of sp³-hybridized carbons (Fsp3) is 0.765. The van der Waals surface area contributed by atoms with Crippen molar-refractivity contribution in [1.82, 2.24) is 4.90 Å². The van der Waals surface area contributed by atoms with Crippen LogP contribution in [0.3, 0.4) is 0 Å². The topological polar surface area (TPSA) is 6.48 Å². The van der Waals surface area contributed by atoms with Crippen molar-refractivity contribution >= 4 is 5.69 Å². The standard InChI is InChI=1S/C34H60N2/c1-3-5-7-9-11-13-15-16-18-20-25-29-34-35(31-32-36(34)33-27-23-22-24-28-33)30-26-21-19-17-14-12-10-8-6-4-2/h22-24,27-28,31-32,34H,3-21,25-26,29-30H2,1-2H3. The van der Waals surface area contributed by atoms with Crippen molar-refractivity contribution < 1.29 is 0 Å². The Balaban J connectivity index is 1.62. The number of benzene rings is 1. The van der Waals surface area contributed by atoms with Crippen LogP contribution in [0.4, 0.5) is 5.69 Å². The van der Waals surface area contributed by atoms with Crippen molar-refractivity contribution in [3.05, 3.63) is 42.7 Å². The number of rotatable bonds is 24. The SMILES string of the molecule is CCCCCCCCCCCCCC1N(CCCCCCCCCCCC)C=CN1c1ccccc1. The second-order valence-corrected chi connectivity index (χ2v) is 11.3. The van der Waals surface area contributed by atoms with Gasteiger partial charge in [0.25, 0.3) is 0 Å². The van der Waals surface area contributed by atoms with Gasteiger partial charge in [-0.25, -0.2) is 0 Å². The fourth-order valence-electron chi connectivity index (χ4n) is 5.68. The molecule has 0 spiro atoms. The van der Waals surface area contributed by atoms with Crippen LogP contribution in [0.15, 0.2) is 42.7 Å². The van der Waals surface area contributed by atoms with Gasteiger partial charge >= 0.3 is 0 Å². The van der Waals surface area contributed by atoms with Crippen LogP contribution in [0, 0.1) is 0 Å². The molecule has 1 aromatic carbocycles. The third-order valence-electron chi connectivity index (χ3n) is 8.01. The zero-order valence-corrected chi connectivity index (χ0v) is 24.3. The molecule has 1 atom stereocenters. The van der Waals surface area contributed by atoms with Crippen molar-refractivity contribution in [2.45, 2.75) is 161 Å². The first-order chi connectivity index (χ1) is 17.9. The summed E-state index contributed by atoms with van der Waals surface area (Å²) in [5.74, 6) is 0. The molecule has 0 amide bonds. The molecule has 1 heterocycles. The van der Waals surface area contributed by atoms with Gasteiger partial charge in [0.1, 0.15) is 6.17 Å². The van der Waals surface area contributed by atoms with Gasteiger partial charge in [-0.15, -0.1) is 0 Å². The summed E-state index contributed by atoms with van der Waals surface area (Å²) in [5.41, 5.74) is 1.34. The fourth-order valence-corrected chi connectivity index (χ4v) is 5.68. The maximum Gasteiger partial charge on any atom is 0.105 e. The lowest BCUT2D eigenvalue weighted by Gasteiger charge is -2.33. The summed E-state index contributed by atoms with van der Waals surface area (Å²) in [6.07, 6.45) is 36.2. The van der Waals surface area contributed by atoms with E-state index in [1.165, 1.54) is 153 Å². The van der Waals surface area contributed by atoms with Gasteiger partial charge < -0.3 is 9.80 Å². The highest BCUT2D eigenvalue weighted by molar-refractivity contribution is 5.51. The van der Waals surface area contributed by atoms with Crippen LogP contribution in [0.25, 0.3) is 0 Å². The largest absolute Gasteiger partial charge is 0.356 e. The normalized spacial score (nSPS) is 15.3. The van der Waals surface area contributed by atoms with Gasteiger partial charge in [-0.3, -0.25) is 0 Å². The summed E-state index contributed by atoms with van der Waals surface area (Å²) in [6.45, 7) is 5.81. The van der Waals surface area contributed by atoms with E-state index in [4.69, 9.17) is 0 Å². The third-order valence-corrected chi connectivity index (χ3v) is 8.01. The summed E-state index contributed by atoms with van der Waals surface area (Å²) in [5, 5.41) is 0. The van der Waals surface area contributed by atoms with Crippen molar-refractivity contribution in [3.8, 4) is 0 Å². The molecule has 1 aliphatic heterocycles. The molecule has 0 fully saturated rings. The van der Waals surface area contributed by atoms with Crippen LogP contribution in [0.5, 0.6) is 0 Å². The molecule has 1 aliphatic rings. The highest BCUT2D eigenvalue weighted by Crippen LogP contribution is 2.28. The Labute approximate surface area is 225 Å². The molecule has 0 saturated carbocycles. The number of hydrogen-bond acceptors (Lipinski definition) is 2. The first-order valence-electron chi connectivity index (χ1n) is 16.1. The highest BCUT2D eigenvalue weighted by Gasteiger charge is 2.26. The molecule has 1 aromatic rings. The average Bonchev–Trinajstić information content (AvgIpc) is 3.31. The summed E-state index contributed by atoms with van der Waals surface area (Å²) < 4.78 is 0. The molecule has 0 bridgehead atoms. The minimum Gasteiger partial charge on any atom is -0.356 e. The van der Waals surface area contributed by atoms with Gasteiger partial charge in [-0.2, -0.15) is 0 Å². The monoisotopic (exact) mass is 496 g/mol. The summed E-state index contributed by atoms with van der Waals surface area (Å²) in [4.78, 5) is 5.15. The minimum atomic E-state index is 0.504. The zero-order valence-electron chi connectivity index (χ0n) is 24.3. The molecule has 0 aromatic heterocycles. The van der Waals surface area contributed by atoms with Crippen LogP contribution < -0.4 is 4.90 Å². The van der Waals surface area contributed by atoms with Gasteiger partial charge in [0, 0.05) is 24.6 Å². The van der Waals surface area contributed by atoms with E-state index >= 15 is 0 Å². The highest BCUT2D eigenvalue weighted by atomic mass is 15.4. The number of para-hydroxylation sites is 1. The van der Waals surface area contributed by atoms with Gasteiger partial charge in [0.15, 0.2) is 0 Å². The Hall–Kier alpha value is -1.44. The Bertz CT molecular complexity index is 625. The lowest BCUT2D eigenvalue weighted by molar-refractivity contribution is 0.273. The molecule has 0 N–H and O–H groups in total. The van der Waals surface area contributed by atoms with Crippen LogP contribution >= 0.6 is 0 Å². The van der Waals surface area contributed by atoms with E-state index in [9.17, 15) is 0 Å². The van der Waals surface area contributed by atoms with E-state index in [1.54, 1.807) is 0 Å². The molecule has 1 unspecified atom stereocenters. The number of hydrogen-bond donors (Lipinski definition) is 0. The van der Waals surface area contributed by atoms with Crippen molar-refractivity contribution in [2.75, 3.05) is 11.4 Å². The molecule has 0 saturated heterocycles. The number of anilines is 1. The van der Waals surface area contributed by atoms with E-state index in [0.717, 1.165) is 0 Å². The van der Waals surface area contributed by atoms with Crippen LogP contribution in [0.1, 0.15) is 155 Å². The maximum atomic E-state index is 2.63. The maximum absolute atomic E-state index is 2.63. The quantitative estimate of drug-likeness (QED) is 0.131. The third kappa shape index (κ3) is 13.8. The van der Waals surface area contributed by atoms with Gasteiger partial charge in [-0.1, -0.05) is 154 Å². The zero-order chi connectivity index (χ0) is 25.5. The van der Waals surface area contributed by atoms with Crippen LogP contribution in [0.2, 0.25) is 0 Å². The lowest BCUT2D eigenvalue weighted by atomic mass is 10.0. The average molecular weight is 497 g/mol. The Kier molecular flexibility index (Phi) is 18.5. The Morgan fingerprint density at radius 2 is 0.944 bits per heavy atom. The second-order valence-electron chi connectivity index (χ2n) is 11.3. The Morgan fingerprint density at radius 1 is 0.500 bits per heavy atom. The molecule has 2 nitrogen and oxygen atoms in total. The summed E-state index contributed by atoms with van der Waals surface area (Å²) in [6, 6.07) is 11.0. The molecule has 36 heavy (non-hydrogen) atoms. The molecular formula is C34H60N2. The predicted molar refractivity (Wildman–Crippen MR) is 161 cm³/mol. The van der Waals surface area contributed by atoms with Crippen LogP contribution in [-0.2, 0) is 0 Å². The minimum absolute atomic E-state index is 0.504. The van der Waals surface area contributed by atoms with Gasteiger partial charge in [0.2, 0.25) is 0 Å². The van der Waals surface area contributed by atoms with Crippen LogP contribution in [-0.4, -0.2) is 17.6 Å². The van der Waals surface area contributed by atoms with Gasteiger partial charge in [-0.05, 0) is 31.4 Å². The van der Waals surface area contributed by atoms with Crippen molar-refractivity contribution in [2.24, 2.45) is 0 Å². The predicted octanol–water partition coefficient (Wildman–Crippen LogP) is 11.2. The first kappa shape index (κ1) is 30.8. The van der Waals surface area contributed by atoms with Crippen molar-refractivity contribution in [3.63, 3.8) is 0 Å². The van der Waals surface area contributed by atoms with E-state index in [1.807, 2.05) is 0 Å². The van der Waals surface area contributed by atoms with Crippen molar-refractivity contribution in [1.29, 1.82) is 0 Å². The van der Waals surface area contributed by atoms with E-state index < -0.39 is 0 Å².